The van der Waals surface area contributed by atoms with Crippen molar-refractivity contribution in [1.82, 2.24) is 4.90 Å². The van der Waals surface area contributed by atoms with Crippen molar-refractivity contribution >= 4 is 5.84 Å². The lowest BCUT2D eigenvalue weighted by molar-refractivity contribution is -0.0790. The molecule has 0 aromatic heterocycles. The van der Waals surface area contributed by atoms with Crippen LogP contribution in [0.15, 0.2) is 0 Å². The van der Waals surface area contributed by atoms with Gasteiger partial charge in [0.25, 0.3) is 0 Å². The molecule has 0 amide bonds. The molecule has 0 aromatic carbocycles. The smallest absolute Gasteiger partial charge is 0.0963 e. The van der Waals surface area contributed by atoms with Gasteiger partial charge in [-0.25, -0.2) is 0 Å². The van der Waals surface area contributed by atoms with E-state index in [4.69, 9.17) is 21.0 Å². The highest BCUT2D eigenvalue weighted by atomic mass is 16.5. The first-order valence-electron chi connectivity index (χ1n) is 6.18. The van der Waals surface area contributed by atoms with Crippen molar-refractivity contribution in [2.75, 3.05) is 26.3 Å². The summed E-state index contributed by atoms with van der Waals surface area (Å²) in [5, 5.41) is 16.6. The number of ether oxygens (including phenoxy) is 1. The highest BCUT2D eigenvalue weighted by Gasteiger charge is 2.28. The molecular formula is C12H25N3O2. The number of aliphatic hydroxyl groups is 1. The van der Waals surface area contributed by atoms with E-state index in [1.165, 1.54) is 0 Å². The van der Waals surface area contributed by atoms with Crippen molar-refractivity contribution in [2.45, 2.75) is 39.3 Å². The second-order valence-corrected chi connectivity index (χ2v) is 5.53. The Kier molecular flexibility index (Phi) is 4.91. The highest BCUT2D eigenvalue weighted by molar-refractivity contribution is 5.82. The third-order valence-corrected chi connectivity index (χ3v) is 3.59. The van der Waals surface area contributed by atoms with Crippen LogP contribution in [-0.2, 0) is 4.74 Å². The number of nitrogens with one attached hydrogen (secondary N) is 1. The minimum atomic E-state index is -0.257. The van der Waals surface area contributed by atoms with Gasteiger partial charge in [-0.1, -0.05) is 13.8 Å². The van der Waals surface area contributed by atoms with Crippen molar-refractivity contribution in [3.05, 3.63) is 0 Å². The lowest BCUT2D eigenvalue weighted by atomic mass is 9.87. The van der Waals surface area contributed by atoms with Crippen molar-refractivity contribution in [1.29, 1.82) is 5.41 Å². The maximum Gasteiger partial charge on any atom is 0.0963 e. The van der Waals surface area contributed by atoms with E-state index >= 15 is 0 Å². The molecule has 0 aliphatic carbocycles. The number of nitrogens with zero attached hydrogens (tertiary/aromatic N) is 1. The zero-order valence-corrected chi connectivity index (χ0v) is 11.1. The molecule has 5 heteroatoms. The Morgan fingerprint density at radius 2 is 2.24 bits per heavy atom. The highest BCUT2D eigenvalue weighted by Crippen LogP contribution is 2.22. The van der Waals surface area contributed by atoms with Crippen LogP contribution in [-0.4, -0.2) is 54.3 Å². The van der Waals surface area contributed by atoms with E-state index in [1.54, 1.807) is 0 Å². The monoisotopic (exact) mass is 243 g/mol. The summed E-state index contributed by atoms with van der Waals surface area (Å²) in [6.07, 6.45) is 0.775. The molecule has 0 bridgehead atoms. The number of morpholine rings is 1. The molecule has 5 nitrogen and oxygen atoms in total. The molecule has 2 atom stereocenters. The SMILES string of the molecule is CC1COC(CO)CN1CCC(C)(C)C(=N)N. The summed E-state index contributed by atoms with van der Waals surface area (Å²) >= 11 is 0. The number of aliphatic hydroxyl groups excluding tert-OH is 1. The Balaban J connectivity index is 2.47. The van der Waals surface area contributed by atoms with Crippen LogP contribution in [0.2, 0.25) is 0 Å². The molecule has 1 saturated heterocycles. The van der Waals surface area contributed by atoms with Crippen LogP contribution in [0.4, 0.5) is 0 Å². The lowest BCUT2D eigenvalue weighted by Gasteiger charge is -2.38. The van der Waals surface area contributed by atoms with Gasteiger partial charge in [0, 0.05) is 18.0 Å². The van der Waals surface area contributed by atoms with Crippen molar-refractivity contribution in [3.8, 4) is 0 Å². The van der Waals surface area contributed by atoms with Gasteiger partial charge in [-0.15, -0.1) is 0 Å². The fourth-order valence-corrected chi connectivity index (χ4v) is 1.85. The van der Waals surface area contributed by atoms with E-state index in [0.29, 0.717) is 12.6 Å². The topological polar surface area (TPSA) is 82.6 Å². The summed E-state index contributed by atoms with van der Waals surface area (Å²) in [6.45, 7) is 8.46. The van der Waals surface area contributed by atoms with Crippen molar-refractivity contribution in [2.24, 2.45) is 11.1 Å². The predicted octanol–water partition coefficient (Wildman–Crippen LogP) is 0.420. The molecule has 1 aliphatic heterocycles. The number of nitrogens with two attached hydrogens (primary N) is 1. The normalized spacial score (nSPS) is 27.1. The van der Waals surface area contributed by atoms with Crippen molar-refractivity contribution < 1.29 is 9.84 Å². The molecule has 17 heavy (non-hydrogen) atoms. The van der Waals surface area contributed by atoms with Crippen LogP contribution in [0.5, 0.6) is 0 Å². The molecule has 1 fully saturated rings. The lowest BCUT2D eigenvalue weighted by Crippen LogP contribution is -2.50. The van der Waals surface area contributed by atoms with Gasteiger partial charge in [-0.2, -0.15) is 0 Å². The summed E-state index contributed by atoms with van der Waals surface area (Å²) in [5.74, 6) is 0.233. The van der Waals surface area contributed by atoms with Crippen molar-refractivity contribution in [3.63, 3.8) is 0 Å². The van der Waals surface area contributed by atoms with Gasteiger partial charge in [-0.3, -0.25) is 10.3 Å². The zero-order valence-electron chi connectivity index (χ0n) is 11.1. The van der Waals surface area contributed by atoms with Gasteiger partial charge in [0.2, 0.25) is 0 Å². The van der Waals surface area contributed by atoms with Gasteiger partial charge in [-0.05, 0) is 19.9 Å². The summed E-state index contributed by atoms with van der Waals surface area (Å²) in [6, 6.07) is 0.362. The molecule has 1 rings (SSSR count). The van der Waals surface area contributed by atoms with Crippen LogP contribution >= 0.6 is 0 Å². The number of rotatable bonds is 5. The first-order valence-corrected chi connectivity index (χ1v) is 6.18. The summed E-state index contributed by atoms with van der Waals surface area (Å²) in [7, 11) is 0. The second kappa shape index (κ2) is 5.80. The van der Waals surface area contributed by atoms with Crippen LogP contribution in [0, 0.1) is 10.8 Å². The van der Waals surface area contributed by atoms with E-state index in [2.05, 4.69) is 11.8 Å². The minimum absolute atomic E-state index is 0.0688. The van der Waals surface area contributed by atoms with Gasteiger partial charge in [0.1, 0.15) is 0 Å². The Hall–Kier alpha value is -0.650. The molecule has 1 heterocycles. The fourth-order valence-electron chi connectivity index (χ4n) is 1.85. The zero-order chi connectivity index (χ0) is 13.1. The van der Waals surface area contributed by atoms with Gasteiger partial charge in [0.15, 0.2) is 0 Å². The first-order chi connectivity index (χ1) is 7.86. The molecule has 0 saturated carbocycles. The Labute approximate surface area is 103 Å². The van der Waals surface area contributed by atoms with Crippen LogP contribution in [0.1, 0.15) is 27.2 Å². The number of amidine groups is 1. The molecular weight excluding hydrogens is 218 g/mol. The van der Waals surface area contributed by atoms with E-state index in [1.807, 2.05) is 13.8 Å². The molecule has 0 spiro atoms. The molecule has 0 radical (unpaired) electrons. The maximum absolute atomic E-state index is 9.11. The Morgan fingerprint density at radius 1 is 1.59 bits per heavy atom. The molecule has 4 N–H and O–H groups in total. The Bertz CT molecular complexity index is 268. The summed E-state index contributed by atoms with van der Waals surface area (Å²) in [5.41, 5.74) is 5.32. The summed E-state index contributed by atoms with van der Waals surface area (Å²) < 4.78 is 5.49. The largest absolute Gasteiger partial charge is 0.394 e. The van der Waals surface area contributed by atoms with Gasteiger partial charge in [0.05, 0.1) is 25.2 Å². The predicted molar refractivity (Wildman–Crippen MR) is 68.2 cm³/mol. The average molecular weight is 243 g/mol. The van der Waals surface area contributed by atoms with E-state index in [9.17, 15) is 0 Å². The average Bonchev–Trinajstić information content (AvgIpc) is 2.28. The molecule has 2 unspecified atom stereocenters. The van der Waals surface area contributed by atoms with Crippen LogP contribution in [0.25, 0.3) is 0 Å². The molecule has 0 aromatic rings. The van der Waals surface area contributed by atoms with E-state index in [0.717, 1.165) is 19.5 Å². The van der Waals surface area contributed by atoms with Crippen LogP contribution < -0.4 is 5.73 Å². The summed E-state index contributed by atoms with van der Waals surface area (Å²) in [4.78, 5) is 2.30. The van der Waals surface area contributed by atoms with E-state index in [-0.39, 0.29) is 24.0 Å². The number of hydrogen-bond acceptors (Lipinski definition) is 4. The first kappa shape index (κ1) is 14.4. The quantitative estimate of drug-likeness (QED) is 0.483. The third-order valence-electron chi connectivity index (χ3n) is 3.59. The van der Waals surface area contributed by atoms with Gasteiger partial charge >= 0.3 is 0 Å². The fraction of sp³-hybridized carbons (Fsp3) is 0.917. The second-order valence-electron chi connectivity index (χ2n) is 5.53. The maximum atomic E-state index is 9.11. The molecule has 1 aliphatic rings. The standard InChI is InChI=1S/C12H25N3O2/c1-9-8-17-10(7-16)6-15(9)5-4-12(2,3)11(13)14/h9-10,16H,4-8H2,1-3H3,(H3,13,14). The number of hydrogen-bond donors (Lipinski definition) is 3. The van der Waals surface area contributed by atoms with Gasteiger partial charge < -0.3 is 15.6 Å². The minimum Gasteiger partial charge on any atom is -0.394 e. The van der Waals surface area contributed by atoms with Crippen LogP contribution in [0.3, 0.4) is 0 Å². The Morgan fingerprint density at radius 3 is 2.76 bits per heavy atom. The van der Waals surface area contributed by atoms with E-state index < -0.39 is 0 Å². The molecule has 100 valence electrons. The third kappa shape index (κ3) is 3.94.